The molecule has 2 heterocycles. The van der Waals surface area contributed by atoms with E-state index >= 15 is 0 Å². The van der Waals surface area contributed by atoms with Gasteiger partial charge in [0.2, 0.25) is 0 Å². The smallest absolute Gasteiger partial charge is 0.325 e. The molecule has 2 saturated heterocycles. The third-order valence-corrected chi connectivity index (χ3v) is 6.07. The third kappa shape index (κ3) is 4.10. The van der Waals surface area contributed by atoms with Crippen LogP contribution in [0.15, 0.2) is 48.5 Å². The van der Waals surface area contributed by atoms with Crippen LogP contribution in [-0.4, -0.2) is 52.9 Å². The van der Waals surface area contributed by atoms with E-state index in [0.717, 1.165) is 5.56 Å². The predicted molar refractivity (Wildman–Crippen MR) is 116 cm³/mol. The van der Waals surface area contributed by atoms with Crippen molar-refractivity contribution in [2.24, 2.45) is 0 Å². The van der Waals surface area contributed by atoms with Gasteiger partial charge in [-0.05, 0) is 49.6 Å². The van der Waals surface area contributed by atoms with Gasteiger partial charge < -0.3 is 15.0 Å². The molecule has 2 aromatic rings. The molecule has 1 N–H and O–H groups in total. The van der Waals surface area contributed by atoms with Crippen molar-refractivity contribution in [2.45, 2.75) is 31.8 Å². The Hall–Kier alpha value is -3.06. The molecule has 8 heteroatoms. The molecular weight excluding hydrogens is 418 g/mol. The fraction of sp³-hybridized carbons (Fsp3) is 0.348. The van der Waals surface area contributed by atoms with E-state index < -0.39 is 11.6 Å². The summed E-state index contributed by atoms with van der Waals surface area (Å²) in [6, 6.07) is 13.8. The van der Waals surface area contributed by atoms with Gasteiger partial charge in [-0.3, -0.25) is 14.5 Å². The van der Waals surface area contributed by atoms with E-state index in [2.05, 4.69) is 5.32 Å². The van der Waals surface area contributed by atoms with Gasteiger partial charge in [-0.15, -0.1) is 0 Å². The number of imide groups is 1. The van der Waals surface area contributed by atoms with Crippen molar-refractivity contribution in [3.8, 4) is 5.75 Å². The number of para-hydroxylation sites is 1. The minimum absolute atomic E-state index is 0.131. The van der Waals surface area contributed by atoms with Crippen molar-refractivity contribution in [1.29, 1.82) is 0 Å². The molecule has 2 fully saturated rings. The standard InChI is InChI=1S/C23H24ClN3O4/c1-2-31-19-6-4-3-5-18(19)20(28)26-13-11-23(12-14-26)21(29)27(22(30)25-23)15-16-7-9-17(24)10-8-16/h3-10H,2,11-15H2,1H3,(H,25,30). The average Bonchev–Trinajstić information content (AvgIpc) is 3.00. The number of rotatable bonds is 5. The first-order valence-corrected chi connectivity index (χ1v) is 10.7. The van der Waals surface area contributed by atoms with E-state index in [1.807, 2.05) is 13.0 Å². The van der Waals surface area contributed by atoms with Crippen LogP contribution >= 0.6 is 11.6 Å². The van der Waals surface area contributed by atoms with Crippen LogP contribution in [0.4, 0.5) is 4.79 Å². The Morgan fingerprint density at radius 1 is 1.10 bits per heavy atom. The lowest BCUT2D eigenvalue weighted by Crippen LogP contribution is -2.55. The summed E-state index contributed by atoms with van der Waals surface area (Å²) in [6.07, 6.45) is 0.745. The second-order valence-electron chi connectivity index (χ2n) is 7.75. The summed E-state index contributed by atoms with van der Waals surface area (Å²) in [4.78, 5) is 41.7. The molecule has 0 saturated carbocycles. The van der Waals surface area contributed by atoms with Crippen molar-refractivity contribution in [1.82, 2.24) is 15.1 Å². The molecule has 0 bridgehead atoms. The van der Waals surface area contributed by atoms with Gasteiger partial charge in [-0.1, -0.05) is 35.9 Å². The van der Waals surface area contributed by atoms with E-state index in [0.29, 0.717) is 48.9 Å². The number of hydrogen-bond acceptors (Lipinski definition) is 4. The topological polar surface area (TPSA) is 79.0 Å². The Morgan fingerprint density at radius 3 is 2.45 bits per heavy atom. The molecule has 0 aromatic heterocycles. The number of hydrogen-bond donors (Lipinski definition) is 1. The summed E-state index contributed by atoms with van der Waals surface area (Å²) in [6.45, 7) is 3.28. The minimum atomic E-state index is -0.959. The summed E-state index contributed by atoms with van der Waals surface area (Å²) >= 11 is 5.91. The van der Waals surface area contributed by atoms with E-state index in [9.17, 15) is 14.4 Å². The lowest BCUT2D eigenvalue weighted by atomic mass is 9.87. The van der Waals surface area contributed by atoms with Gasteiger partial charge >= 0.3 is 6.03 Å². The zero-order valence-corrected chi connectivity index (χ0v) is 18.0. The molecule has 7 nitrogen and oxygen atoms in total. The summed E-state index contributed by atoms with van der Waals surface area (Å²) in [5, 5.41) is 3.48. The van der Waals surface area contributed by atoms with Crippen LogP contribution in [0.25, 0.3) is 0 Å². The third-order valence-electron chi connectivity index (χ3n) is 5.82. The molecule has 4 amide bonds. The molecule has 0 radical (unpaired) electrons. The minimum Gasteiger partial charge on any atom is -0.493 e. The zero-order chi connectivity index (χ0) is 22.0. The lowest BCUT2D eigenvalue weighted by Gasteiger charge is -2.37. The molecule has 2 aliphatic heterocycles. The summed E-state index contributed by atoms with van der Waals surface area (Å²) in [5.74, 6) is 0.178. The second kappa shape index (κ2) is 8.59. The number of urea groups is 1. The predicted octanol–water partition coefficient (Wildman–Crippen LogP) is 3.47. The monoisotopic (exact) mass is 441 g/mol. The molecule has 2 aromatic carbocycles. The van der Waals surface area contributed by atoms with Crippen LogP contribution in [0.2, 0.25) is 5.02 Å². The van der Waals surface area contributed by atoms with Crippen molar-refractivity contribution in [3.05, 3.63) is 64.7 Å². The zero-order valence-electron chi connectivity index (χ0n) is 17.3. The largest absolute Gasteiger partial charge is 0.493 e. The highest BCUT2D eigenvalue weighted by molar-refractivity contribution is 6.30. The lowest BCUT2D eigenvalue weighted by molar-refractivity contribution is -0.133. The van der Waals surface area contributed by atoms with E-state index in [-0.39, 0.29) is 18.4 Å². The van der Waals surface area contributed by atoms with Crippen LogP contribution < -0.4 is 10.1 Å². The van der Waals surface area contributed by atoms with E-state index in [4.69, 9.17) is 16.3 Å². The van der Waals surface area contributed by atoms with Crippen molar-refractivity contribution >= 4 is 29.4 Å². The highest BCUT2D eigenvalue weighted by atomic mass is 35.5. The number of carbonyl (C=O) groups excluding carboxylic acids is 3. The van der Waals surface area contributed by atoms with Gasteiger partial charge in [0.1, 0.15) is 11.3 Å². The average molecular weight is 442 g/mol. The molecular formula is C23H24ClN3O4. The van der Waals surface area contributed by atoms with Crippen LogP contribution in [-0.2, 0) is 11.3 Å². The molecule has 1 spiro atoms. The maximum atomic E-state index is 13.1. The molecule has 4 rings (SSSR count). The number of piperidine rings is 1. The maximum absolute atomic E-state index is 13.1. The first kappa shape index (κ1) is 21.2. The Kier molecular flexibility index (Phi) is 5.87. The van der Waals surface area contributed by atoms with Gasteiger partial charge in [-0.25, -0.2) is 4.79 Å². The number of carbonyl (C=O) groups is 3. The van der Waals surface area contributed by atoms with E-state index in [1.54, 1.807) is 47.4 Å². The second-order valence-corrected chi connectivity index (χ2v) is 8.19. The number of likely N-dealkylation sites (tertiary alicyclic amines) is 1. The maximum Gasteiger partial charge on any atom is 0.325 e. The number of nitrogens with zero attached hydrogens (tertiary/aromatic N) is 2. The summed E-state index contributed by atoms with van der Waals surface area (Å²) < 4.78 is 5.58. The van der Waals surface area contributed by atoms with Gasteiger partial charge in [0.25, 0.3) is 11.8 Å². The highest BCUT2D eigenvalue weighted by Crippen LogP contribution is 2.32. The Bertz CT molecular complexity index is 1000. The van der Waals surface area contributed by atoms with Crippen LogP contribution in [0.1, 0.15) is 35.7 Å². The fourth-order valence-electron chi connectivity index (χ4n) is 4.12. The Morgan fingerprint density at radius 2 is 1.77 bits per heavy atom. The normalized spacial score (nSPS) is 17.7. The molecule has 0 unspecified atom stereocenters. The van der Waals surface area contributed by atoms with Gasteiger partial charge in [-0.2, -0.15) is 0 Å². The number of halogens is 1. The molecule has 2 aliphatic rings. The number of nitrogens with one attached hydrogen (secondary N) is 1. The van der Waals surface area contributed by atoms with Crippen LogP contribution in [0.5, 0.6) is 5.75 Å². The number of ether oxygens (including phenoxy) is 1. The van der Waals surface area contributed by atoms with Crippen LogP contribution in [0.3, 0.4) is 0 Å². The molecule has 31 heavy (non-hydrogen) atoms. The molecule has 162 valence electrons. The quantitative estimate of drug-likeness (QED) is 0.720. The fourth-order valence-corrected chi connectivity index (χ4v) is 4.24. The highest BCUT2D eigenvalue weighted by Gasteiger charge is 2.52. The van der Waals surface area contributed by atoms with Gasteiger partial charge in [0.15, 0.2) is 0 Å². The van der Waals surface area contributed by atoms with Crippen molar-refractivity contribution < 1.29 is 19.1 Å². The SMILES string of the molecule is CCOc1ccccc1C(=O)N1CCC2(CC1)NC(=O)N(Cc1ccc(Cl)cc1)C2=O. The number of amides is 4. The summed E-state index contributed by atoms with van der Waals surface area (Å²) in [7, 11) is 0. The molecule has 0 atom stereocenters. The summed E-state index contributed by atoms with van der Waals surface area (Å²) in [5.41, 5.74) is 0.372. The van der Waals surface area contributed by atoms with Crippen molar-refractivity contribution in [3.63, 3.8) is 0 Å². The van der Waals surface area contributed by atoms with Crippen molar-refractivity contribution in [2.75, 3.05) is 19.7 Å². The Labute approximate surface area is 185 Å². The molecule has 0 aliphatic carbocycles. The van der Waals surface area contributed by atoms with Gasteiger partial charge in [0.05, 0.1) is 18.7 Å². The first-order chi connectivity index (χ1) is 14.9. The number of benzene rings is 2. The van der Waals surface area contributed by atoms with Gasteiger partial charge in [0, 0.05) is 18.1 Å². The first-order valence-electron chi connectivity index (χ1n) is 10.3. The Balaban J connectivity index is 1.44. The van der Waals surface area contributed by atoms with Crippen LogP contribution in [0, 0.1) is 0 Å². The van der Waals surface area contributed by atoms with E-state index in [1.165, 1.54) is 4.90 Å².